The predicted molar refractivity (Wildman–Crippen MR) is 57.5 cm³/mol. The summed E-state index contributed by atoms with van der Waals surface area (Å²) in [6, 6.07) is 5.79. The molecule has 0 saturated carbocycles. The molecule has 0 unspecified atom stereocenters. The number of hydrogen-bond donors (Lipinski definition) is 0. The number of anilines is 1. The Morgan fingerprint density at radius 3 is 2.53 bits per heavy atom. The highest BCUT2D eigenvalue weighted by Crippen LogP contribution is 2.42. The second kappa shape index (κ2) is 2.72. The van der Waals surface area contributed by atoms with Crippen LogP contribution in [0.5, 0.6) is 0 Å². The van der Waals surface area contributed by atoms with Crippen molar-refractivity contribution in [3.63, 3.8) is 0 Å². The first-order valence-corrected chi connectivity index (χ1v) is 6.77. The van der Waals surface area contributed by atoms with Crippen molar-refractivity contribution in [1.29, 1.82) is 0 Å². The number of hydrogen-bond acceptors (Lipinski definition) is 4. The molecule has 4 nitrogen and oxygen atoms in total. The highest BCUT2D eigenvalue weighted by atomic mass is 32.2. The molecule has 2 aliphatic heterocycles. The van der Waals surface area contributed by atoms with Gasteiger partial charge >= 0.3 is 0 Å². The van der Waals surface area contributed by atoms with E-state index in [1.807, 2.05) is 18.2 Å². The summed E-state index contributed by atoms with van der Waals surface area (Å²) in [6.07, 6.45) is 1.76. The highest BCUT2D eigenvalue weighted by molar-refractivity contribution is 7.92. The van der Waals surface area contributed by atoms with Crippen molar-refractivity contribution in [2.75, 3.05) is 29.5 Å². The third-order valence-electron chi connectivity index (χ3n) is 3.08. The van der Waals surface area contributed by atoms with Crippen molar-refractivity contribution in [2.45, 2.75) is 0 Å². The largest absolute Gasteiger partial charge is 0.355 e. The summed E-state index contributed by atoms with van der Waals surface area (Å²) in [5.41, 5.74) is 0.0519. The molecular formula is C10H12N2O2S. The lowest BCUT2D eigenvalue weighted by molar-refractivity contribution is 0.253. The van der Waals surface area contributed by atoms with E-state index in [9.17, 15) is 8.42 Å². The number of nitrogens with zero attached hydrogens (tertiary/aromatic N) is 2. The molecule has 0 radical (unpaired) electrons. The maximum atomic E-state index is 11.1. The Balaban J connectivity index is 1.69. The van der Waals surface area contributed by atoms with Crippen LogP contribution in [0.15, 0.2) is 24.4 Å². The molecule has 2 aliphatic rings. The summed E-state index contributed by atoms with van der Waals surface area (Å²) < 4.78 is 22.2. The van der Waals surface area contributed by atoms with Crippen molar-refractivity contribution < 1.29 is 8.42 Å². The van der Waals surface area contributed by atoms with E-state index in [0.29, 0.717) is 11.5 Å². The fraction of sp³-hybridized carbons (Fsp3) is 0.500. The van der Waals surface area contributed by atoms with Gasteiger partial charge in [-0.2, -0.15) is 0 Å². The van der Waals surface area contributed by atoms with Gasteiger partial charge in [0.05, 0.1) is 11.5 Å². The Hall–Kier alpha value is -1.10. The average Bonchev–Trinajstić information content (AvgIpc) is 2.11. The van der Waals surface area contributed by atoms with Gasteiger partial charge in [-0.3, -0.25) is 0 Å². The summed E-state index contributed by atoms with van der Waals surface area (Å²) >= 11 is 0. The second-order valence-corrected chi connectivity index (χ2v) is 6.64. The van der Waals surface area contributed by atoms with Crippen LogP contribution in [-0.4, -0.2) is 38.0 Å². The molecule has 0 atom stereocenters. The lowest BCUT2D eigenvalue weighted by Crippen LogP contribution is -2.68. The Morgan fingerprint density at radius 2 is 2.00 bits per heavy atom. The molecular weight excluding hydrogens is 212 g/mol. The zero-order chi connectivity index (χ0) is 10.5. The molecule has 0 amide bonds. The van der Waals surface area contributed by atoms with E-state index in [1.165, 1.54) is 0 Å². The fourth-order valence-electron chi connectivity index (χ4n) is 2.54. The van der Waals surface area contributed by atoms with E-state index in [0.717, 1.165) is 18.9 Å². The molecule has 0 N–H and O–H groups in total. The van der Waals surface area contributed by atoms with Crippen LogP contribution in [0, 0.1) is 5.41 Å². The molecule has 3 heterocycles. The fourth-order valence-corrected chi connectivity index (χ4v) is 4.69. The minimum atomic E-state index is -2.70. The van der Waals surface area contributed by atoms with Gasteiger partial charge in [-0.05, 0) is 12.1 Å². The summed E-state index contributed by atoms with van der Waals surface area (Å²) in [4.78, 5) is 6.37. The van der Waals surface area contributed by atoms with Crippen molar-refractivity contribution in [3.05, 3.63) is 24.4 Å². The molecule has 2 fully saturated rings. The van der Waals surface area contributed by atoms with Gasteiger partial charge in [-0.25, -0.2) is 13.4 Å². The normalized spacial score (nSPS) is 25.7. The van der Waals surface area contributed by atoms with Gasteiger partial charge in [0.15, 0.2) is 9.84 Å². The summed E-state index contributed by atoms with van der Waals surface area (Å²) in [7, 11) is -2.70. The zero-order valence-corrected chi connectivity index (χ0v) is 9.07. The average molecular weight is 224 g/mol. The van der Waals surface area contributed by atoms with Crippen LogP contribution in [0.4, 0.5) is 5.82 Å². The minimum Gasteiger partial charge on any atom is -0.355 e. The first-order chi connectivity index (χ1) is 7.09. The van der Waals surface area contributed by atoms with Gasteiger partial charge < -0.3 is 4.90 Å². The van der Waals surface area contributed by atoms with Crippen LogP contribution in [0.25, 0.3) is 0 Å². The topological polar surface area (TPSA) is 50.3 Å². The SMILES string of the molecule is O=S1(=O)CC2(CN(c3ccccn3)C2)C1. The van der Waals surface area contributed by atoms with Gasteiger partial charge in [-0.15, -0.1) is 0 Å². The van der Waals surface area contributed by atoms with Gasteiger partial charge in [0.25, 0.3) is 0 Å². The Bertz CT molecular complexity index is 463. The smallest absolute Gasteiger partial charge is 0.151 e. The summed E-state index contributed by atoms with van der Waals surface area (Å²) in [6.45, 7) is 1.67. The van der Waals surface area contributed by atoms with Crippen LogP contribution >= 0.6 is 0 Å². The highest BCUT2D eigenvalue weighted by Gasteiger charge is 2.56. The summed E-state index contributed by atoms with van der Waals surface area (Å²) in [5.74, 6) is 1.68. The summed E-state index contributed by atoms with van der Waals surface area (Å²) in [5, 5.41) is 0. The quantitative estimate of drug-likeness (QED) is 0.689. The maximum absolute atomic E-state index is 11.1. The second-order valence-electron chi connectivity index (χ2n) is 4.58. The van der Waals surface area contributed by atoms with Crippen LogP contribution in [0.1, 0.15) is 0 Å². The number of rotatable bonds is 1. The molecule has 0 bridgehead atoms. The van der Waals surface area contributed by atoms with Crippen LogP contribution in [0.3, 0.4) is 0 Å². The molecule has 80 valence electrons. The van der Waals surface area contributed by atoms with Crippen molar-refractivity contribution in [2.24, 2.45) is 5.41 Å². The molecule has 15 heavy (non-hydrogen) atoms. The molecule has 1 spiro atoms. The van der Waals surface area contributed by atoms with Crippen LogP contribution in [0.2, 0.25) is 0 Å². The number of pyridine rings is 1. The Labute approximate surface area is 88.8 Å². The number of aromatic nitrogens is 1. The molecule has 0 aliphatic carbocycles. The zero-order valence-electron chi connectivity index (χ0n) is 8.26. The number of sulfone groups is 1. The molecule has 5 heteroatoms. The molecule has 0 aromatic carbocycles. The van der Waals surface area contributed by atoms with E-state index in [-0.39, 0.29) is 5.41 Å². The van der Waals surface area contributed by atoms with Gasteiger partial charge in [0.1, 0.15) is 5.82 Å². The molecule has 1 aromatic heterocycles. The lowest BCUT2D eigenvalue weighted by atomic mass is 9.83. The van der Waals surface area contributed by atoms with Crippen molar-refractivity contribution in [1.82, 2.24) is 4.98 Å². The van der Waals surface area contributed by atoms with Gasteiger partial charge in [-0.1, -0.05) is 6.07 Å². The molecule has 2 saturated heterocycles. The Morgan fingerprint density at radius 1 is 1.27 bits per heavy atom. The van der Waals surface area contributed by atoms with E-state index in [2.05, 4.69) is 9.88 Å². The minimum absolute atomic E-state index is 0.0519. The Kier molecular flexibility index (Phi) is 1.66. The predicted octanol–water partition coefficient (Wildman–Crippen LogP) is 0.316. The van der Waals surface area contributed by atoms with E-state index in [1.54, 1.807) is 6.20 Å². The third-order valence-corrected chi connectivity index (χ3v) is 5.18. The molecule has 1 aromatic rings. The van der Waals surface area contributed by atoms with E-state index in [4.69, 9.17) is 0 Å². The first kappa shape index (κ1) is 9.15. The first-order valence-electron chi connectivity index (χ1n) is 4.95. The lowest BCUT2D eigenvalue weighted by Gasteiger charge is -2.55. The van der Waals surface area contributed by atoms with Crippen LogP contribution in [-0.2, 0) is 9.84 Å². The van der Waals surface area contributed by atoms with Crippen LogP contribution < -0.4 is 4.90 Å². The monoisotopic (exact) mass is 224 g/mol. The van der Waals surface area contributed by atoms with E-state index < -0.39 is 9.84 Å². The van der Waals surface area contributed by atoms with Crippen molar-refractivity contribution >= 4 is 15.7 Å². The van der Waals surface area contributed by atoms with Crippen molar-refractivity contribution in [3.8, 4) is 0 Å². The van der Waals surface area contributed by atoms with Gasteiger partial charge in [0, 0.05) is 24.7 Å². The van der Waals surface area contributed by atoms with Gasteiger partial charge in [0.2, 0.25) is 0 Å². The maximum Gasteiger partial charge on any atom is 0.151 e. The van der Waals surface area contributed by atoms with E-state index >= 15 is 0 Å². The standard InChI is InChI=1S/C10H12N2O2S/c13-15(14)7-10(8-15)5-12(6-10)9-3-1-2-4-11-9/h1-4H,5-8H2. The third kappa shape index (κ3) is 1.42. The molecule has 3 rings (SSSR count).